The SMILES string of the molecule is C=CN=C1NC(c2ccc(N)cc2)=CC1=C(C)C.O=S([O-])c1ccccc1. The van der Waals surface area contributed by atoms with Gasteiger partial charge in [-0.2, -0.15) is 0 Å². The topological polar surface area (TPSA) is 90.5 Å². The second-order valence-corrected chi connectivity index (χ2v) is 6.87. The summed E-state index contributed by atoms with van der Waals surface area (Å²) in [6.45, 7) is 7.77. The van der Waals surface area contributed by atoms with Crippen LogP contribution in [0.15, 0.2) is 94.5 Å². The van der Waals surface area contributed by atoms with Gasteiger partial charge in [0.05, 0.1) is 0 Å². The summed E-state index contributed by atoms with van der Waals surface area (Å²) in [5.74, 6) is 0.844. The lowest BCUT2D eigenvalue weighted by molar-refractivity contribution is 0.537. The number of hydrogen-bond donors (Lipinski definition) is 2. The average molecular weight is 380 g/mol. The van der Waals surface area contributed by atoms with E-state index in [1.165, 1.54) is 5.57 Å². The monoisotopic (exact) mass is 380 g/mol. The fourth-order valence-corrected chi connectivity index (χ4v) is 2.75. The Labute approximate surface area is 162 Å². The van der Waals surface area contributed by atoms with Crippen LogP contribution in [0.2, 0.25) is 0 Å². The third-order valence-electron chi connectivity index (χ3n) is 3.71. The van der Waals surface area contributed by atoms with Crippen molar-refractivity contribution in [3.05, 3.63) is 90.2 Å². The van der Waals surface area contributed by atoms with E-state index in [2.05, 4.69) is 36.8 Å². The van der Waals surface area contributed by atoms with Crippen LogP contribution in [0.4, 0.5) is 5.69 Å². The summed E-state index contributed by atoms with van der Waals surface area (Å²) in [6, 6.07) is 16.0. The maximum atomic E-state index is 10.2. The Balaban J connectivity index is 0.000000244. The molecule has 3 rings (SSSR count). The molecule has 27 heavy (non-hydrogen) atoms. The Bertz CT molecular complexity index is 910. The highest BCUT2D eigenvalue weighted by atomic mass is 32.2. The highest BCUT2D eigenvalue weighted by Gasteiger charge is 2.17. The first kappa shape index (κ1) is 20.4. The van der Waals surface area contributed by atoms with Gasteiger partial charge in [0.25, 0.3) is 0 Å². The molecule has 2 aromatic rings. The molecule has 0 saturated carbocycles. The second kappa shape index (κ2) is 9.66. The van der Waals surface area contributed by atoms with Gasteiger partial charge in [-0.1, -0.05) is 42.5 Å². The van der Waals surface area contributed by atoms with Crippen molar-refractivity contribution in [1.29, 1.82) is 0 Å². The van der Waals surface area contributed by atoms with E-state index in [0.29, 0.717) is 4.90 Å². The van der Waals surface area contributed by atoms with Crippen molar-refractivity contribution < 1.29 is 8.76 Å². The summed E-state index contributed by atoms with van der Waals surface area (Å²) in [4.78, 5) is 4.59. The molecular formula is C21H22N3O2S-. The van der Waals surface area contributed by atoms with Crippen molar-refractivity contribution in [1.82, 2.24) is 5.32 Å². The highest BCUT2D eigenvalue weighted by molar-refractivity contribution is 7.79. The third-order valence-corrected chi connectivity index (χ3v) is 4.37. The number of hydrogen-bond acceptors (Lipinski definition) is 4. The summed E-state index contributed by atoms with van der Waals surface area (Å²) >= 11 is -2.08. The van der Waals surface area contributed by atoms with Crippen LogP contribution in [0, 0.1) is 0 Å². The maximum Gasteiger partial charge on any atom is 0.137 e. The molecule has 0 bridgehead atoms. The molecule has 1 aliphatic rings. The van der Waals surface area contributed by atoms with E-state index in [-0.39, 0.29) is 0 Å². The quantitative estimate of drug-likeness (QED) is 0.622. The smallest absolute Gasteiger partial charge is 0.137 e. The molecule has 0 aromatic heterocycles. The molecule has 1 atom stereocenters. The van der Waals surface area contributed by atoms with Crippen molar-refractivity contribution in [2.45, 2.75) is 18.7 Å². The van der Waals surface area contributed by atoms with Gasteiger partial charge in [-0.15, -0.1) is 0 Å². The van der Waals surface area contributed by atoms with Crippen LogP contribution in [0.25, 0.3) is 5.70 Å². The lowest BCUT2D eigenvalue weighted by Crippen LogP contribution is -2.16. The minimum Gasteiger partial charge on any atom is -0.768 e. The molecule has 1 unspecified atom stereocenters. The van der Waals surface area contributed by atoms with Crippen LogP contribution >= 0.6 is 0 Å². The number of benzene rings is 2. The molecular weight excluding hydrogens is 358 g/mol. The number of amidine groups is 1. The number of rotatable bonds is 3. The Morgan fingerprint density at radius 2 is 1.78 bits per heavy atom. The molecule has 0 aliphatic carbocycles. The minimum atomic E-state index is -2.08. The van der Waals surface area contributed by atoms with Gasteiger partial charge in [-0.05, 0) is 60.8 Å². The molecule has 0 radical (unpaired) electrons. The number of anilines is 1. The van der Waals surface area contributed by atoms with Gasteiger partial charge in [0.1, 0.15) is 5.84 Å². The zero-order valence-corrected chi connectivity index (χ0v) is 16.1. The predicted octanol–water partition coefficient (Wildman–Crippen LogP) is 4.02. The van der Waals surface area contributed by atoms with Gasteiger partial charge >= 0.3 is 0 Å². The first-order valence-electron chi connectivity index (χ1n) is 8.28. The third kappa shape index (κ3) is 5.77. The van der Waals surface area contributed by atoms with Crippen molar-refractivity contribution >= 4 is 28.3 Å². The number of nitrogens with two attached hydrogens (primary N) is 1. The highest BCUT2D eigenvalue weighted by Crippen LogP contribution is 2.24. The largest absolute Gasteiger partial charge is 0.768 e. The molecule has 0 amide bonds. The first-order chi connectivity index (χ1) is 12.9. The summed E-state index contributed by atoms with van der Waals surface area (Å²) in [5, 5.41) is 3.30. The van der Waals surface area contributed by atoms with E-state index in [9.17, 15) is 8.76 Å². The summed E-state index contributed by atoms with van der Waals surface area (Å²) in [7, 11) is 0. The van der Waals surface area contributed by atoms with Gasteiger partial charge in [-0.25, -0.2) is 4.99 Å². The summed E-state index contributed by atoms with van der Waals surface area (Å²) < 4.78 is 20.4. The van der Waals surface area contributed by atoms with Crippen LogP contribution in [0.1, 0.15) is 19.4 Å². The van der Waals surface area contributed by atoms with Crippen LogP contribution < -0.4 is 11.1 Å². The van der Waals surface area contributed by atoms with Crippen LogP contribution in [-0.4, -0.2) is 14.6 Å². The van der Waals surface area contributed by atoms with E-state index in [4.69, 9.17) is 5.73 Å². The molecule has 5 nitrogen and oxygen atoms in total. The number of nitrogens with one attached hydrogen (secondary N) is 1. The van der Waals surface area contributed by atoms with Crippen molar-refractivity contribution in [2.24, 2.45) is 4.99 Å². The van der Waals surface area contributed by atoms with Gasteiger partial charge in [0.15, 0.2) is 0 Å². The van der Waals surface area contributed by atoms with Crippen LogP contribution in [0.5, 0.6) is 0 Å². The van der Waals surface area contributed by atoms with E-state index in [1.807, 2.05) is 24.3 Å². The second-order valence-electron chi connectivity index (χ2n) is 5.93. The Hall–Kier alpha value is -2.96. The lowest BCUT2D eigenvalue weighted by atomic mass is 10.1. The van der Waals surface area contributed by atoms with Crippen molar-refractivity contribution in [3.8, 4) is 0 Å². The number of nitrogen functional groups attached to an aromatic ring is 1. The van der Waals surface area contributed by atoms with Gasteiger partial charge < -0.3 is 15.6 Å². The Morgan fingerprint density at radius 1 is 1.15 bits per heavy atom. The molecule has 0 saturated heterocycles. The van der Waals surface area contributed by atoms with Crippen LogP contribution in [0.3, 0.4) is 0 Å². The number of allylic oxidation sites excluding steroid dienone is 1. The summed E-state index contributed by atoms with van der Waals surface area (Å²) in [5.41, 5.74) is 10.9. The van der Waals surface area contributed by atoms with Crippen molar-refractivity contribution in [3.63, 3.8) is 0 Å². The Kier molecular flexibility index (Phi) is 7.28. The molecule has 0 spiro atoms. The maximum absolute atomic E-state index is 10.2. The van der Waals surface area contributed by atoms with Gasteiger partial charge in [0, 0.05) is 28.1 Å². The lowest BCUT2D eigenvalue weighted by Gasteiger charge is -2.05. The van der Waals surface area contributed by atoms with Gasteiger partial charge in [0.2, 0.25) is 0 Å². The zero-order valence-electron chi connectivity index (χ0n) is 15.3. The average Bonchev–Trinajstić information content (AvgIpc) is 3.08. The van der Waals surface area contributed by atoms with E-state index in [1.54, 1.807) is 36.5 Å². The van der Waals surface area contributed by atoms with Crippen LogP contribution in [-0.2, 0) is 11.1 Å². The predicted molar refractivity (Wildman–Crippen MR) is 112 cm³/mol. The number of nitrogens with zero attached hydrogens (tertiary/aromatic N) is 1. The molecule has 1 heterocycles. The fourth-order valence-electron chi connectivity index (χ4n) is 2.37. The molecule has 140 valence electrons. The first-order valence-corrected chi connectivity index (χ1v) is 9.35. The minimum absolute atomic E-state index is 0.331. The molecule has 6 heteroatoms. The van der Waals surface area contributed by atoms with Gasteiger partial charge in [-0.3, -0.25) is 4.21 Å². The van der Waals surface area contributed by atoms with Crippen molar-refractivity contribution in [2.75, 3.05) is 5.73 Å². The molecule has 2 aromatic carbocycles. The normalized spacial score (nSPS) is 15.3. The molecule has 3 N–H and O–H groups in total. The standard InChI is InChI=1S/C15H17N3.C6H6O2S/c1-4-17-15-13(10(2)3)9-14(18-15)11-5-7-12(16)8-6-11;7-9(8)6-4-2-1-3-5-6/h4-9H,1,16H2,2-3H3,(H,17,18);1-5H,(H,7,8)/p-1. The van der Waals surface area contributed by atoms with E-state index >= 15 is 0 Å². The molecule has 0 fully saturated rings. The van der Waals surface area contributed by atoms with E-state index in [0.717, 1.165) is 28.4 Å². The Morgan fingerprint density at radius 3 is 2.26 bits per heavy atom. The zero-order chi connectivity index (χ0) is 19.8. The number of aliphatic imine (C=N–C) groups is 1. The fraction of sp³-hybridized carbons (Fsp3) is 0.0952. The van der Waals surface area contributed by atoms with E-state index < -0.39 is 11.1 Å². The molecule has 1 aliphatic heterocycles. The summed E-state index contributed by atoms with van der Waals surface area (Å²) in [6.07, 6.45) is 3.65.